The van der Waals surface area contributed by atoms with Crippen molar-refractivity contribution >= 4 is 17.7 Å². The normalized spacial score (nSPS) is 10.7. The van der Waals surface area contributed by atoms with E-state index >= 15 is 0 Å². The van der Waals surface area contributed by atoms with Crippen LogP contribution < -0.4 is 0 Å². The first kappa shape index (κ1) is 15.9. The Balaban J connectivity index is 2.35. The number of hydrogen-bond acceptors (Lipinski definition) is 3. The molecule has 1 aromatic rings. The summed E-state index contributed by atoms with van der Waals surface area (Å²) in [6.07, 6.45) is -2.57. The number of carbonyl (C=O) groups is 1. The Labute approximate surface area is 115 Å². The lowest BCUT2D eigenvalue weighted by atomic mass is 10.2. The van der Waals surface area contributed by atoms with Gasteiger partial charge in [-0.1, -0.05) is 30.3 Å². The SMILES string of the molecule is O=C(CSCc1ccccc1)N(CCO)CC(F)F. The minimum Gasteiger partial charge on any atom is -0.395 e. The van der Waals surface area contributed by atoms with E-state index in [1.165, 1.54) is 11.8 Å². The van der Waals surface area contributed by atoms with Crippen LogP contribution in [-0.4, -0.2) is 47.8 Å². The number of nitrogens with zero attached hydrogens (tertiary/aromatic N) is 1. The summed E-state index contributed by atoms with van der Waals surface area (Å²) in [7, 11) is 0. The first-order chi connectivity index (χ1) is 9.13. The molecule has 0 bridgehead atoms. The van der Waals surface area contributed by atoms with Crippen molar-refractivity contribution in [2.75, 3.05) is 25.4 Å². The van der Waals surface area contributed by atoms with Gasteiger partial charge in [0.05, 0.1) is 18.9 Å². The van der Waals surface area contributed by atoms with E-state index in [1.54, 1.807) is 0 Å². The monoisotopic (exact) mass is 289 g/mol. The molecule has 0 unspecified atom stereocenters. The molecule has 0 aliphatic heterocycles. The lowest BCUT2D eigenvalue weighted by molar-refractivity contribution is -0.130. The molecule has 19 heavy (non-hydrogen) atoms. The Morgan fingerprint density at radius 3 is 2.58 bits per heavy atom. The van der Waals surface area contributed by atoms with Gasteiger partial charge >= 0.3 is 0 Å². The van der Waals surface area contributed by atoms with E-state index in [-0.39, 0.29) is 24.8 Å². The molecule has 0 saturated carbocycles. The Kier molecular flexibility index (Phi) is 7.43. The van der Waals surface area contributed by atoms with Crippen LogP contribution in [0.2, 0.25) is 0 Å². The highest BCUT2D eigenvalue weighted by molar-refractivity contribution is 7.99. The highest BCUT2D eigenvalue weighted by Gasteiger charge is 2.17. The van der Waals surface area contributed by atoms with Crippen LogP contribution in [0.4, 0.5) is 8.78 Å². The van der Waals surface area contributed by atoms with Gasteiger partial charge in [0, 0.05) is 12.3 Å². The van der Waals surface area contributed by atoms with Gasteiger partial charge in [-0.25, -0.2) is 8.78 Å². The minimum atomic E-state index is -2.57. The van der Waals surface area contributed by atoms with E-state index in [0.29, 0.717) is 5.75 Å². The van der Waals surface area contributed by atoms with Gasteiger partial charge in [-0.15, -0.1) is 11.8 Å². The number of carbonyl (C=O) groups excluding carboxylic acids is 1. The molecular formula is C13H17F2NO2S. The van der Waals surface area contributed by atoms with Gasteiger partial charge in [-0.05, 0) is 5.56 Å². The van der Waals surface area contributed by atoms with Crippen molar-refractivity contribution in [1.82, 2.24) is 4.90 Å². The molecule has 0 atom stereocenters. The van der Waals surface area contributed by atoms with Crippen LogP contribution in [0.5, 0.6) is 0 Å². The van der Waals surface area contributed by atoms with E-state index in [4.69, 9.17) is 5.11 Å². The van der Waals surface area contributed by atoms with Gasteiger partial charge in [-0.2, -0.15) is 0 Å². The summed E-state index contributed by atoms with van der Waals surface area (Å²) in [4.78, 5) is 12.7. The van der Waals surface area contributed by atoms with Gasteiger partial charge < -0.3 is 10.0 Å². The van der Waals surface area contributed by atoms with E-state index < -0.39 is 13.0 Å². The number of thioether (sulfide) groups is 1. The second kappa shape index (κ2) is 8.87. The summed E-state index contributed by atoms with van der Waals surface area (Å²) in [5.41, 5.74) is 1.09. The average molecular weight is 289 g/mol. The molecule has 0 aromatic heterocycles. The third kappa shape index (κ3) is 6.54. The maximum atomic E-state index is 12.3. The van der Waals surface area contributed by atoms with Crippen LogP contribution in [0.1, 0.15) is 5.56 Å². The molecule has 106 valence electrons. The molecule has 3 nitrogen and oxygen atoms in total. The van der Waals surface area contributed by atoms with Crippen molar-refractivity contribution in [3.05, 3.63) is 35.9 Å². The van der Waals surface area contributed by atoms with E-state index in [2.05, 4.69) is 0 Å². The van der Waals surface area contributed by atoms with Crippen LogP contribution >= 0.6 is 11.8 Å². The van der Waals surface area contributed by atoms with Crippen LogP contribution in [0, 0.1) is 0 Å². The molecule has 0 fully saturated rings. The van der Waals surface area contributed by atoms with Crippen LogP contribution in [0.15, 0.2) is 30.3 Å². The molecule has 0 aliphatic rings. The standard InChI is InChI=1S/C13H17F2NO2S/c14-12(15)8-16(6-7-17)13(18)10-19-9-11-4-2-1-3-5-11/h1-5,12,17H,6-10H2. The summed E-state index contributed by atoms with van der Waals surface area (Å²) in [6.45, 7) is -0.970. The molecule has 0 radical (unpaired) electrons. The highest BCUT2D eigenvalue weighted by atomic mass is 32.2. The maximum absolute atomic E-state index is 12.3. The number of amides is 1. The summed E-state index contributed by atoms with van der Waals surface area (Å²) in [5, 5.41) is 8.76. The van der Waals surface area contributed by atoms with Gasteiger partial charge in [0.25, 0.3) is 6.43 Å². The quantitative estimate of drug-likeness (QED) is 0.796. The number of alkyl halides is 2. The zero-order chi connectivity index (χ0) is 14.1. The fraction of sp³-hybridized carbons (Fsp3) is 0.462. The molecule has 0 heterocycles. The molecule has 0 saturated heterocycles. The molecule has 0 aliphatic carbocycles. The minimum absolute atomic E-state index is 0.0466. The van der Waals surface area contributed by atoms with Crippen molar-refractivity contribution in [3.63, 3.8) is 0 Å². The Morgan fingerprint density at radius 1 is 1.32 bits per heavy atom. The summed E-state index contributed by atoms with van der Waals surface area (Å²) in [6, 6.07) is 9.62. The van der Waals surface area contributed by atoms with E-state index in [9.17, 15) is 13.6 Å². The molecule has 1 rings (SSSR count). The molecule has 1 amide bonds. The highest BCUT2D eigenvalue weighted by Crippen LogP contribution is 2.12. The van der Waals surface area contributed by atoms with Crippen LogP contribution in [0.3, 0.4) is 0 Å². The third-order valence-corrected chi connectivity index (χ3v) is 3.41. The fourth-order valence-electron chi connectivity index (χ4n) is 1.53. The van der Waals surface area contributed by atoms with Gasteiger partial charge in [0.15, 0.2) is 0 Å². The van der Waals surface area contributed by atoms with Crippen molar-refractivity contribution in [2.45, 2.75) is 12.2 Å². The van der Waals surface area contributed by atoms with E-state index in [1.807, 2.05) is 30.3 Å². The first-order valence-corrected chi connectivity index (χ1v) is 7.07. The molecular weight excluding hydrogens is 272 g/mol. The summed E-state index contributed by atoms with van der Waals surface area (Å²) in [5.74, 6) is 0.436. The van der Waals surface area contributed by atoms with Gasteiger partial charge in [-0.3, -0.25) is 4.79 Å². The lowest BCUT2D eigenvalue weighted by Gasteiger charge is -2.21. The number of aliphatic hydroxyl groups excluding tert-OH is 1. The second-order valence-electron chi connectivity index (χ2n) is 3.93. The number of hydrogen-bond donors (Lipinski definition) is 1. The Bertz CT molecular complexity index is 376. The third-order valence-electron chi connectivity index (χ3n) is 2.42. The first-order valence-electron chi connectivity index (χ1n) is 5.92. The molecule has 0 spiro atoms. The van der Waals surface area contributed by atoms with Crippen molar-refractivity contribution < 1.29 is 18.7 Å². The number of halogens is 2. The van der Waals surface area contributed by atoms with Crippen LogP contribution in [0.25, 0.3) is 0 Å². The largest absolute Gasteiger partial charge is 0.395 e. The van der Waals surface area contributed by atoms with E-state index in [0.717, 1.165) is 10.5 Å². The number of rotatable bonds is 8. The van der Waals surface area contributed by atoms with Gasteiger partial charge in [0.2, 0.25) is 5.91 Å². The predicted octanol–water partition coefficient (Wildman–Crippen LogP) is 2.01. The Morgan fingerprint density at radius 2 is 2.00 bits per heavy atom. The Hall–Kier alpha value is -1.14. The topological polar surface area (TPSA) is 40.5 Å². The smallest absolute Gasteiger partial charge is 0.255 e. The zero-order valence-electron chi connectivity index (χ0n) is 10.5. The average Bonchev–Trinajstić information content (AvgIpc) is 2.39. The van der Waals surface area contributed by atoms with Gasteiger partial charge in [0.1, 0.15) is 0 Å². The second-order valence-corrected chi connectivity index (χ2v) is 4.92. The number of aliphatic hydroxyl groups is 1. The van der Waals surface area contributed by atoms with Crippen molar-refractivity contribution in [3.8, 4) is 0 Å². The summed E-state index contributed by atoms with van der Waals surface area (Å²) < 4.78 is 24.5. The van der Waals surface area contributed by atoms with Crippen LogP contribution in [-0.2, 0) is 10.5 Å². The molecule has 1 aromatic carbocycles. The number of benzene rings is 1. The van der Waals surface area contributed by atoms with Crippen molar-refractivity contribution in [1.29, 1.82) is 0 Å². The fourth-order valence-corrected chi connectivity index (χ4v) is 2.41. The zero-order valence-corrected chi connectivity index (χ0v) is 11.3. The summed E-state index contributed by atoms with van der Waals surface area (Å²) >= 11 is 1.38. The van der Waals surface area contributed by atoms with Crippen molar-refractivity contribution in [2.24, 2.45) is 0 Å². The maximum Gasteiger partial charge on any atom is 0.255 e. The predicted molar refractivity (Wildman–Crippen MR) is 72.3 cm³/mol. The lowest BCUT2D eigenvalue weighted by Crippen LogP contribution is -2.38. The molecule has 6 heteroatoms. The molecule has 1 N–H and O–H groups in total.